The van der Waals surface area contributed by atoms with Crippen molar-refractivity contribution in [1.29, 1.82) is 0 Å². The van der Waals surface area contributed by atoms with Crippen LogP contribution < -0.4 is 16.0 Å². The van der Waals surface area contributed by atoms with Gasteiger partial charge in [-0.2, -0.15) is 0 Å². The second kappa shape index (κ2) is 8.47. The molecule has 0 aromatic heterocycles. The fourth-order valence-electron chi connectivity index (χ4n) is 3.66. The van der Waals surface area contributed by atoms with Gasteiger partial charge in [0, 0.05) is 35.8 Å². The zero-order chi connectivity index (χ0) is 20.3. The molecule has 2 aromatic carbocycles. The highest BCUT2D eigenvalue weighted by Gasteiger charge is 2.29. The fraction of sp³-hybridized carbons (Fsp3) is 0.364. The van der Waals surface area contributed by atoms with Gasteiger partial charge in [0.25, 0.3) is 5.91 Å². The summed E-state index contributed by atoms with van der Waals surface area (Å²) in [6, 6.07) is 15.6. The topological polar surface area (TPSA) is 80.0 Å². The smallest absolute Gasteiger partial charge is 0.255 e. The maximum atomic E-state index is 12.6. The Morgan fingerprint density at radius 2 is 1.83 bits per heavy atom. The number of rotatable bonds is 4. The standard InChI is InChI=1S/C22H26N4O2S/c1-22(10-15-29-21(23)25-22)17-4-2-16(3-5-17)20(27)24-18-6-8-19(9-7-18)26-11-13-28-14-12-26/h2-9H,10-15H2,1H3,(H2,23,25)(H,24,27). The summed E-state index contributed by atoms with van der Waals surface area (Å²) in [5, 5.41) is 3.60. The normalized spacial score (nSPS) is 22.1. The number of nitrogens with two attached hydrogens (primary N) is 1. The average Bonchev–Trinajstić information content (AvgIpc) is 2.75. The van der Waals surface area contributed by atoms with E-state index in [1.54, 1.807) is 11.8 Å². The molecule has 4 rings (SSSR count). The van der Waals surface area contributed by atoms with E-state index >= 15 is 0 Å². The molecule has 2 aliphatic heterocycles. The highest BCUT2D eigenvalue weighted by atomic mass is 32.2. The summed E-state index contributed by atoms with van der Waals surface area (Å²) >= 11 is 1.59. The van der Waals surface area contributed by atoms with E-state index in [2.05, 4.69) is 22.1 Å². The van der Waals surface area contributed by atoms with Gasteiger partial charge >= 0.3 is 0 Å². The summed E-state index contributed by atoms with van der Waals surface area (Å²) in [7, 11) is 0. The number of nitrogens with zero attached hydrogens (tertiary/aromatic N) is 2. The van der Waals surface area contributed by atoms with Crippen molar-refractivity contribution in [1.82, 2.24) is 0 Å². The second-order valence-corrected chi connectivity index (χ2v) is 8.62. The number of hydrogen-bond donors (Lipinski definition) is 2. The summed E-state index contributed by atoms with van der Waals surface area (Å²) < 4.78 is 5.39. The van der Waals surface area contributed by atoms with Gasteiger partial charge in [-0.1, -0.05) is 23.9 Å². The van der Waals surface area contributed by atoms with E-state index in [9.17, 15) is 4.79 Å². The highest BCUT2D eigenvalue weighted by Crippen LogP contribution is 2.35. The van der Waals surface area contributed by atoms with Crippen LogP contribution in [0.4, 0.5) is 11.4 Å². The number of anilines is 2. The van der Waals surface area contributed by atoms with Crippen LogP contribution in [0.1, 0.15) is 29.3 Å². The van der Waals surface area contributed by atoms with Gasteiger partial charge in [-0.05, 0) is 55.3 Å². The maximum absolute atomic E-state index is 12.6. The van der Waals surface area contributed by atoms with Crippen LogP contribution in [-0.2, 0) is 10.3 Å². The van der Waals surface area contributed by atoms with Crippen molar-refractivity contribution in [3.8, 4) is 0 Å². The molecule has 1 saturated heterocycles. The molecule has 2 heterocycles. The maximum Gasteiger partial charge on any atom is 0.255 e. The second-order valence-electron chi connectivity index (χ2n) is 7.50. The lowest BCUT2D eigenvalue weighted by atomic mass is 9.89. The van der Waals surface area contributed by atoms with Crippen LogP contribution in [0.25, 0.3) is 0 Å². The number of carbonyl (C=O) groups is 1. The quantitative estimate of drug-likeness (QED) is 0.807. The molecule has 3 N–H and O–H groups in total. The van der Waals surface area contributed by atoms with Crippen LogP contribution in [-0.4, -0.2) is 43.1 Å². The molecule has 0 spiro atoms. The van der Waals surface area contributed by atoms with E-state index in [1.807, 2.05) is 48.5 Å². The Balaban J connectivity index is 1.41. The Morgan fingerprint density at radius 1 is 1.14 bits per heavy atom. The number of hydrogen-bond acceptors (Lipinski definition) is 6. The van der Waals surface area contributed by atoms with E-state index in [0.29, 0.717) is 10.7 Å². The zero-order valence-electron chi connectivity index (χ0n) is 16.6. The van der Waals surface area contributed by atoms with Gasteiger partial charge in [-0.25, -0.2) is 0 Å². The van der Waals surface area contributed by atoms with Crippen LogP contribution in [0.3, 0.4) is 0 Å². The fourth-order valence-corrected chi connectivity index (χ4v) is 4.63. The van der Waals surface area contributed by atoms with E-state index in [0.717, 1.165) is 55.4 Å². The summed E-state index contributed by atoms with van der Waals surface area (Å²) in [5.74, 6) is 0.831. The molecule has 2 aliphatic rings. The number of amidine groups is 1. The molecule has 1 fully saturated rings. The first-order valence-electron chi connectivity index (χ1n) is 9.86. The van der Waals surface area contributed by atoms with Gasteiger partial charge in [0.1, 0.15) is 0 Å². The Labute approximate surface area is 175 Å². The third kappa shape index (κ3) is 4.57. The molecule has 2 aromatic rings. The van der Waals surface area contributed by atoms with Crippen molar-refractivity contribution in [2.24, 2.45) is 10.7 Å². The average molecular weight is 411 g/mol. The minimum atomic E-state index is -0.320. The summed E-state index contributed by atoms with van der Waals surface area (Å²) in [6.07, 6.45) is 0.930. The van der Waals surface area contributed by atoms with Crippen molar-refractivity contribution in [3.05, 3.63) is 59.7 Å². The number of thioether (sulfide) groups is 1. The number of ether oxygens (including phenoxy) is 1. The molecule has 0 saturated carbocycles. The van der Waals surface area contributed by atoms with E-state index in [1.165, 1.54) is 0 Å². The van der Waals surface area contributed by atoms with Crippen molar-refractivity contribution in [3.63, 3.8) is 0 Å². The van der Waals surface area contributed by atoms with Gasteiger partial charge in [0.05, 0.1) is 18.8 Å². The number of aliphatic imine (C=N–C) groups is 1. The molecule has 152 valence electrons. The van der Waals surface area contributed by atoms with Gasteiger partial charge < -0.3 is 20.7 Å². The lowest BCUT2D eigenvalue weighted by molar-refractivity contribution is 0.102. The van der Waals surface area contributed by atoms with Crippen molar-refractivity contribution in [2.45, 2.75) is 18.9 Å². The van der Waals surface area contributed by atoms with E-state index in [-0.39, 0.29) is 11.4 Å². The predicted molar refractivity (Wildman–Crippen MR) is 120 cm³/mol. The van der Waals surface area contributed by atoms with Gasteiger partial charge in [-0.3, -0.25) is 9.79 Å². The minimum Gasteiger partial charge on any atom is -0.379 e. The van der Waals surface area contributed by atoms with Crippen LogP contribution >= 0.6 is 11.8 Å². The first-order valence-corrected chi connectivity index (χ1v) is 10.8. The van der Waals surface area contributed by atoms with Crippen LogP contribution in [0, 0.1) is 0 Å². The molecule has 1 atom stereocenters. The summed E-state index contributed by atoms with van der Waals surface area (Å²) in [6.45, 7) is 5.38. The predicted octanol–water partition coefficient (Wildman–Crippen LogP) is 3.44. The molecule has 29 heavy (non-hydrogen) atoms. The Morgan fingerprint density at radius 3 is 2.48 bits per heavy atom. The summed E-state index contributed by atoms with van der Waals surface area (Å²) in [4.78, 5) is 19.5. The first kappa shape index (κ1) is 19.8. The molecule has 7 heteroatoms. The Kier molecular flexibility index (Phi) is 5.78. The third-order valence-electron chi connectivity index (χ3n) is 5.47. The Bertz CT molecular complexity index is 892. The number of nitrogens with one attached hydrogen (secondary N) is 1. The van der Waals surface area contributed by atoms with Crippen molar-refractivity contribution in [2.75, 3.05) is 42.3 Å². The molecular weight excluding hydrogens is 384 g/mol. The van der Waals surface area contributed by atoms with E-state index in [4.69, 9.17) is 10.5 Å². The highest BCUT2D eigenvalue weighted by molar-refractivity contribution is 8.13. The van der Waals surface area contributed by atoms with Crippen molar-refractivity contribution < 1.29 is 9.53 Å². The number of carbonyl (C=O) groups excluding carboxylic acids is 1. The zero-order valence-corrected chi connectivity index (χ0v) is 17.4. The lowest BCUT2D eigenvalue weighted by Gasteiger charge is -2.29. The van der Waals surface area contributed by atoms with Crippen LogP contribution in [0.5, 0.6) is 0 Å². The largest absolute Gasteiger partial charge is 0.379 e. The Hall–Kier alpha value is -2.51. The molecule has 6 nitrogen and oxygen atoms in total. The number of benzene rings is 2. The van der Waals surface area contributed by atoms with Gasteiger partial charge in [0.2, 0.25) is 0 Å². The van der Waals surface area contributed by atoms with E-state index < -0.39 is 0 Å². The monoisotopic (exact) mass is 410 g/mol. The third-order valence-corrected chi connectivity index (χ3v) is 6.26. The first-order chi connectivity index (χ1) is 14.0. The molecule has 1 unspecified atom stereocenters. The molecule has 0 aliphatic carbocycles. The SMILES string of the molecule is CC1(c2ccc(C(=O)Nc3ccc(N4CCOCC4)cc3)cc2)CCSC(N)=N1. The minimum absolute atomic E-state index is 0.122. The number of amides is 1. The van der Waals surface area contributed by atoms with Crippen molar-refractivity contribution >= 4 is 34.2 Å². The molecular formula is C22H26N4O2S. The van der Waals surface area contributed by atoms with Crippen LogP contribution in [0.2, 0.25) is 0 Å². The van der Waals surface area contributed by atoms with Crippen LogP contribution in [0.15, 0.2) is 53.5 Å². The summed E-state index contributed by atoms with van der Waals surface area (Å²) in [5.41, 5.74) is 9.22. The molecule has 0 radical (unpaired) electrons. The molecule has 0 bridgehead atoms. The number of morpholine rings is 1. The lowest BCUT2D eigenvalue weighted by Crippen LogP contribution is -2.36. The van der Waals surface area contributed by atoms with Gasteiger partial charge in [-0.15, -0.1) is 0 Å². The van der Waals surface area contributed by atoms with Gasteiger partial charge in [0.15, 0.2) is 5.17 Å². The molecule has 1 amide bonds.